The average Bonchev–Trinajstić information content (AvgIpc) is 3.27. The van der Waals surface area contributed by atoms with E-state index >= 15 is 0 Å². The molecule has 174 valence electrons. The number of nitrogens with zero attached hydrogens (tertiary/aromatic N) is 2. The zero-order valence-electron chi connectivity index (χ0n) is 18.6. The Bertz CT molecular complexity index is 1090. The van der Waals surface area contributed by atoms with E-state index in [-0.39, 0.29) is 24.6 Å². The molecular weight excluding hydrogens is 506 g/mol. The third kappa shape index (κ3) is 7.00. The van der Waals surface area contributed by atoms with Crippen molar-refractivity contribution in [1.82, 2.24) is 20.6 Å². The highest BCUT2D eigenvalue weighted by Crippen LogP contribution is 2.34. The number of amides is 3. The highest BCUT2D eigenvalue weighted by atomic mass is 79.9. The lowest BCUT2D eigenvalue weighted by Crippen LogP contribution is -2.32. The van der Waals surface area contributed by atoms with Gasteiger partial charge in [0.1, 0.15) is 17.4 Å². The predicted octanol–water partition coefficient (Wildman–Crippen LogP) is 5.73. The van der Waals surface area contributed by atoms with Crippen molar-refractivity contribution in [3.05, 3.63) is 63.7 Å². The minimum absolute atomic E-state index is 0.0973. The average molecular weight is 532 g/mol. The molecule has 0 saturated heterocycles. The van der Waals surface area contributed by atoms with E-state index in [4.69, 9.17) is 9.72 Å². The number of carbonyl (C=O) groups is 2. The molecule has 0 saturated carbocycles. The van der Waals surface area contributed by atoms with Crippen LogP contribution in [0.25, 0.3) is 10.6 Å². The quantitative estimate of drug-likeness (QED) is 0.344. The molecule has 0 aliphatic rings. The molecule has 2 aromatic heterocycles. The number of carbonyl (C=O) groups excluding carboxylic acids is 2. The highest BCUT2D eigenvalue weighted by Gasteiger charge is 2.23. The molecule has 2 heterocycles. The summed E-state index contributed by atoms with van der Waals surface area (Å²) in [5.74, 6) is 0.513. The molecule has 0 unspecified atom stereocenters. The molecule has 0 radical (unpaired) electrons. The first-order chi connectivity index (χ1) is 15.9. The molecule has 0 fully saturated rings. The number of ether oxygens (including phenoxy) is 1. The van der Waals surface area contributed by atoms with Gasteiger partial charge in [0.2, 0.25) is 0 Å². The van der Waals surface area contributed by atoms with Gasteiger partial charge in [-0.05, 0) is 40.4 Å². The molecule has 3 amide bonds. The summed E-state index contributed by atoms with van der Waals surface area (Å²) in [5.41, 5.74) is 2.45. The van der Waals surface area contributed by atoms with Crippen LogP contribution >= 0.6 is 27.3 Å². The number of pyridine rings is 1. The highest BCUT2D eigenvalue weighted by molar-refractivity contribution is 9.10. The number of rotatable bonds is 8. The third-order valence-electron chi connectivity index (χ3n) is 4.66. The SMILES string of the molecule is CCNC(=O)Nc1cc(-c2nc([C@H](NC(=O)OCc3ccccc3)C(C)C)cs2)c(Br)cn1. The number of hydrogen-bond donors (Lipinski definition) is 3. The molecule has 1 atom stereocenters. The third-order valence-corrected chi connectivity index (χ3v) is 6.18. The van der Waals surface area contributed by atoms with Crippen molar-refractivity contribution in [2.24, 2.45) is 5.92 Å². The fourth-order valence-corrected chi connectivity index (χ4v) is 4.44. The summed E-state index contributed by atoms with van der Waals surface area (Å²) >= 11 is 4.96. The lowest BCUT2D eigenvalue weighted by molar-refractivity contribution is 0.132. The minimum Gasteiger partial charge on any atom is -0.445 e. The van der Waals surface area contributed by atoms with Crippen LogP contribution in [-0.2, 0) is 11.3 Å². The van der Waals surface area contributed by atoms with Crippen molar-refractivity contribution in [2.45, 2.75) is 33.4 Å². The number of halogens is 1. The van der Waals surface area contributed by atoms with Gasteiger partial charge in [-0.15, -0.1) is 11.3 Å². The van der Waals surface area contributed by atoms with Crippen LogP contribution in [0.4, 0.5) is 15.4 Å². The Kier molecular flexibility index (Phi) is 8.79. The second-order valence-electron chi connectivity index (χ2n) is 7.54. The maximum absolute atomic E-state index is 12.4. The molecule has 0 bridgehead atoms. The van der Waals surface area contributed by atoms with Gasteiger partial charge in [0, 0.05) is 28.2 Å². The van der Waals surface area contributed by atoms with E-state index in [2.05, 4.69) is 36.9 Å². The Morgan fingerprint density at radius 3 is 2.67 bits per heavy atom. The van der Waals surface area contributed by atoms with Crippen molar-refractivity contribution >= 4 is 45.2 Å². The van der Waals surface area contributed by atoms with E-state index in [1.807, 2.05) is 56.5 Å². The number of aromatic nitrogens is 2. The smallest absolute Gasteiger partial charge is 0.408 e. The first-order valence-corrected chi connectivity index (χ1v) is 12.2. The number of hydrogen-bond acceptors (Lipinski definition) is 6. The summed E-state index contributed by atoms with van der Waals surface area (Å²) in [7, 11) is 0. The van der Waals surface area contributed by atoms with E-state index < -0.39 is 6.09 Å². The van der Waals surface area contributed by atoms with Crippen LogP contribution in [0.15, 0.2) is 52.4 Å². The van der Waals surface area contributed by atoms with Gasteiger partial charge in [-0.1, -0.05) is 44.2 Å². The Morgan fingerprint density at radius 2 is 1.97 bits per heavy atom. The summed E-state index contributed by atoms with van der Waals surface area (Å²) < 4.78 is 6.13. The van der Waals surface area contributed by atoms with Crippen molar-refractivity contribution < 1.29 is 14.3 Å². The molecule has 0 aliphatic carbocycles. The van der Waals surface area contributed by atoms with Crippen LogP contribution in [-0.4, -0.2) is 28.6 Å². The first-order valence-electron chi connectivity index (χ1n) is 10.5. The second kappa shape index (κ2) is 11.8. The van der Waals surface area contributed by atoms with E-state index in [1.54, 1.807) is 12.3 Å². The fourth-order valence-electron chi connectivity index (χ4n) is 3.02. The van der Waals surface area contributed by atoms with Gasteiger partial charge >= 0.3 is 12.1 Å². The van der Waals surface area contributed by atoms with Gasteiger partial charge in [-0.25, -0.2) is 19.6 Å². The number of anilines is 1. The van der Waals surface area contributed by atoms with Gasteiger partial charge in [0.25, 0.3) is 0 Å². The van der Waals surface area contributed by atoms with Crippen molar-refractivity contribution in [3.8, 4) is 10.6 Å². The Labute approximate surface area is 205 Å². The second-order valence-corrected chi connectivity index (χ2v) is 9.25. The predicted molar refractivity (Wildman–Crippen MR) is 133 cm³/mol. The van der Waals surface area contributed by atoms with Crippen molar-refractivity contribution in [1.29, 1.82) is 0 Å². The van der Waals surface area contributed by atoms with E-state index in [0.717, 1.165) is 26.3 Å². The number of nitrogens with one attached hydrogen (secondary N) is 3. The monoisotopic (exact) mass is 531 g/mol. The molecule has 1 aromatic carbocycles. The lowest BCUT2D eigenvalue weighted by Gasteiger charge is -2.20. The molecule has 0 aliphatic heterocycles. The zero-order chi connectivity index (χ0) is 23.8. The van der Waals surface area contributed by atoms with Crippen LogP contribution in [0.1, 0.15) is 38.1 Å². The molecular formula is C23H26BrN5O3S. The van der Waals surface area contributed by atoms with Crippen LogP contribution in [0.5, 0.6) is 0 Å². The van der Waals surface area contributed by atoms with E-state index in [1.165, 1.54) is 11.3 Å². The van der Waals surface area contributed by atoms with Crippen molar-refractivity contribution in [2.75, 3.05) is 11.9 Å². The summed E-state index contributed by atoms with van der Waals surface area (Å²) in [6.45, 7) is 6.58. The topological polar surface area (TPSA) is 105 Å². The molecule has 3 rings (SSSR count). The van der Waals surface area contributed by atoms with Gasteiger partial charge in [-0.2, -0.15) is 0 Å². The number of alkyl carbamates (subject to hydrolysis) is 1. The maximum atomic E-state index is 12.4. The van der Waals surface area contributed by atoms with Crippen LogP contribution < -0.4 is 16.0 Å². The molecule has 3 aromatic rings. The number of urea groups is 1. The minimum atomic E-state index is -0.495. The molecule has 3 N–H and O–H groups in total. The van der Waals surface area contributed by atoms with Crippen LogP contribution in [0, 0.1) is 5.92 Å². The number of benzene rings is 1. The van der Waals surface area contributed by atoms with Gasteiger partial charge in [0.15, 0.2) is 0 Å². The Hall–Kier alpha value is -2.98. The molecule has 0 spiro atoms. The number of thiazole rings is 1. The normalized spacial score (nSPS) is 11.7. The molecule has 8 nitrogen and oxygen atoms in total. The zero-order valence-corrected chi connectivity index (χ0v) is 21.0. The summed E-state index contributed by atoms with van der Waals surface area (Å²) in [4.78, 5) is 33.2. The van der Waals surface area contributed by atoms with Gasteiger partial charge in [0.05, 0.1) is 11.7 Å². The summed E-state index contributed by atoms with van der Waals surface area (Å²) in [5, 5.41) is 11.0. The first kappa shape index (κ1) is 24.7. The molecule has 33 heavy (non-hydrogen) atoms. The molecule has 10 heteroatoms. The summed E-state index contributed by atoms with van der Waals surface area (Å²) in [6, 6.07) is 10.6. The lowest BCUT2D eigenvalue weighted by atomic mass is 10.0. The van der Waals surface area contributed by atoms with Crippen LogP contribution in [0.2, 0.25) is 0 Å². The summed E-state index contributed by atoms with van der Waals surface area (Å²) in [6.07, 6.45) is 1.13. The van der Waals surface area contributed by atoms with Gasteiger partial charge in [-0.3, -0.25) is 5.32 Å². The Balaban J connectivity index is 1.72. The maximum Gasteiger partial charge on any atom is 0.408 e. The van der Waals surface area contributed by atoms with E-state index in [0.29, 0.717) is 12.4 Å². The van der Waals surface area contributed by atoms with Gasteiger partial charge < -0.3 is 15.4 Å². The fraction of sp³-hybridized carbons (Fsp3) is 0.304. The van der Waals surface area contributed by atoms with Crippen LogP contribution in [0.3, 0.4) is 0 Å². The Morgan fingerprint density at radius 1 is 1.21 bits per heavy atom. The largest absolute Gasteiger partial charge is 0.445 e. The van der Waals surface area contributed by atoms with Crippen molar-refractivity contribution in [3.63, 3.8) is 0 Å². The van der Waals surface area contributed by atoms with E-state index in [9.17, 15) is 9.59 Å². The standard InChI is InChI=1S/C23H26BrN5O3S/c1-4-25-22(30)28-19-10-16(17(24)11-26-19)21-27-18(13-33-21)20(14(2)3)29-23(31)32-12-15-8-6-5-7-9-15/h5-11,13-14,20H,4,12H2,1-3H3,(H,29,31)(H2,25,26,28,30)/t20-/m1/s1.